The normalized spacial score (nSPS) is 24.6. The van der Waals surface area contributed by atoms with Crippen LogP contribution < -0.4 is 11.2 Å². The minimum atomic E-state index is -0.329. The molecule has 1 aromatic carbocycles. The SMILES string of the molecule is CC1(C)OB(c2ccc(N)c(C3CCOCC3)c2)OC1(C)C. The zero-order valence-corrected chi connectivity index (χ0v) is 14.0. The quantitative estimate of drug-likeness (QED) is 0.673. The Morgan fingerprint density at radius 2 is 1.64 bits per heavy atom. The molecule has 5 heteroatoms. The fourth-order valence-corrected chi connectivity index (χ4v) is 3.08. The lowest BCUT2D eigenvalue weighted by molar-refractivity contribution is 0.00578. The third-order valence-corrected chi connectivity index (χ3v) is 5.30. The van der Waals surface area contributed by atoms with Crippen molar-refractivity contribution in [3.63, 3.8) is 0 Å². The number of anilines is 1. The molecule has 22 heavy (non-hydrogen) atoms. The van der Waals surface area contributed by atoms with E-state index in [-0.39, 0.29) is 18.3 Å². The lowest BCUT2D eigenvalue weighted by Crippen LogP contribution is -2.41. The molecule has 0 radical (unpaired) electrons. The van der Waals surface area contributed by atoms with Crippen LogP contribution in [-0.2, 0) is 14.0 Å². The molecule has 2 saturated heterocycles. The van der Waals surface area contributed by atoms with Gasteiger partial charge in [-0.3, -0.25) is 0 Å². The molecule has 0 amide bonds. The van der Waals surface area contributed by atoms with Crippen LogP contribution in [0.2, 0.25) is 0 Å². The highest BCUT2D eigenvalue weighted by atomic mass is 16.7. The fraction of sp³-hybridized carbons (Fsp3) is 0.647. The summed E-state index contributed by atoms with van der Waals surface area (Å²) in [6.45, 7) is 9.91. The standard InChI is InChI=1S/C17H26BNO3/c1-16(2)17(3,4)22-18(21-16)13-5-6-15(19)14(11-13)12-7-9-20-10-8-12/h5-6,11-12H,7-10,19H2,1-4H3. The molecule has 2 N–H and O–H groups in total. The number of hydrogen-bond donors (Lipinski definition) is 1. The van der Waals surface area contributed by atoms with Gasteiger partial charge < -0.3 is 19.8 Å². The van der Waals surface area contributed by atoms with Crippen LogP contribution in [0.4, 0.5) is 5.69 Å². The summed E-state index contributed by atoms with van der Waals surface area (Å²) in [5.74, 6) is 0.469. The lowest BCUT2D eigenvalue weighted by Gasteiger charge is -2.32. The molecule has 0 aromatic heterocycles. The molecular weight excluding hydrogens is 277 g/mol. The van der Waals surface area contributed by atoms with Gasteiger partial charge in [0, 0.05) is 18.9 Å². The van der Waals surface area contributed by atoms with Crippen LogP contribution in [0.3, 0.4) is 0 Å². The second-order valence-electron chi connectivity index (χ2n) is 7.36. The number of hydrogen-bond acceptors (Lipinski definition) is 4. The number of rotatable bonds is 2. The summed E-state index contributed by atoms with van der Waals surface area (Å²) >= 11 is 0. The molecule has 0 unspecified atom stereocenters. The molecule has 3 rings (SSSR count). The first-order valence-electron chi connectivity index (χ1n) is 8.13. The molecule has 0 saturated carbocycles. The van der Waals surface area contributed by atoms with E-state index in [0.717, 1.165) is 37.2 Å². The van der Waals surface area contributed by atoms with Crippen LogP contribution in [0.1, 0.15) is 52.0 Å². The van der Waals surface area contributed by atoms with Crippen molar-refractivity contribution in [1.82, 2.24) is 0 Å². The van der Waals surface area contributed by atoms with E-state index in [1.54, 1.807) is 0 Å². The van der Waals surface area contributed by atoms with Crippen molar-refractivity contribution in [2.75, 3.05) is 18.9 Å². The highest BCUT2D eigenvalue weighted by Gasteiger charge is 2.51. The highest BCUT2D eigenvalue weighted by molar-refractivity contribution is 6.62. The topological polar surface area (TPSA) is 53.7 Å². The first-order valence-corrected chi connectivity index (χ1v) is 8.13. The largest absolute Gasteiger partial charge is 0.494 e. The minimum absolute atomic E-state index is 0.322. The Kier molecular flexibility index (Phi) is 4.00. The Balaban J connectivity index is 1.87. The Morgan fingerprint density at radius 1 is 1.05 bits per heavy atom. The third-order valence-electron chi connectivity index (χ3n) is 5.30. The highest BCUT2D eigenvalue weighted by Crippen LogP contribution is 2.37. The number of benzene rings is 1. The molecule has 0 bridgehead atoms. The van der Waals surface area contributed by atoms with Crippen molar-refractivity contribution in [3.05, 3.63) is 23.8 Å². The van der Waals surface area contributed by atoms with Gasteiger partial charge in [0.15, 0.2) is 0 Å². The Labute approximate surface area is 133 Å². The van der Waals surface area contributed by atoms with Crippen molar-refractivity contribution in [2.45, 2.75) is 57.7 Å². The van der Waals surface area contributed by atoms with Crippen LogP contribution in [0, 0.1) is 0 Å². The zero-order chi connectivity index (χ0) is 16.0. The molecule has 2 aliphatic rings. The monoisotopic (exact) mass is 303 g/mol. The van der Waals surface area contributed by atoms with Crippen molar-refractivity contribution in [1.29, 1.82) is 0 Å². The summed E-state index contributed by atoms with van der Waals surface area (Å²) in [4.78, 5) is 0. The Hall–Kier alpha value is -1.04. The summed E-state index contributed by atoms with van der Waals surface area (Å²) in [6, 6.07) is 6.15. The van der Waals surface area contributed by atoms with Gasteiger partial charge in [-0.1, -0.05) is 12.1 Å². The van der Waals surface area contributed by atoms with Gasteiger partial charge in [-0.25, -0.2) is 0 Å². The van der Waals surface area contributed by atoms with E-state index in [1.807, 2.05) is 12.1 Å². The molecule has 0 aliphatic carbocycles. The second kappa shape index (κ2) is 5.55. The summed E-state index contributed by atoms with van der Waals surface area (Å²) in [6.07, 6.45) is 2.05. The van der Waals surface area contributed by atoms with Crippen molar-refractivity contribution in [2.24, 2.45) is 0 Å². The van der Waals surface area contributed by atoms with Crippen LogP contribution >= 0.6 is 0 Å². The van der Waals surface area contributed by atoms with E-state index >= 15 is 0 Å². The van der Waals surface area contributed by atoms with Crippen molar-refractivity contribution < 1.29 is 14.0 Å². The molecule has 120 valence electrons. The van der Waals surface area contributed by atoms with E-state index in [4.69, 9.17) is 19.8 Å². The van der Waals surface area contributed by atoms with E-state index in [2.05, 4.69) is 33.8 Å². The fourth-order valence-electron chi connectivity index (χ4n) is 3.08. The lowest BCUT2D eigenvalue weighted by atomic mass is 9.76. The Morgan fingerprint density at radius 3 is 2.23 bits per heavy atom. The molecule has 2 aliphatic heterocycles. The molecule has 4 nitrogen and oxygen atoms in total. The van der Waals surface area contributed by atoms with E-state index in [9.17, 15) is 0 Å². The number of nitrogens with two attached hydrogens (primary N) is 1. The summed E-state index contributed by atoms with van der Waals surface area (Å²) < 4.78 is 17.7. The van der Waals surface area contributed by atoms with Gasteiger partial charge in [-0.05, 0) is 63.5 Å². The van der Waals surface area contributed by atoms with E-state index in [1.165, 1.54) is 5.56 Å². The summed E-state index contributed by atoms with van der Waals surface area (Å²) in [7, 11) is -0.329. The van der Waals surface area contributed by atoms with Gasteiger partial charge in [0.2, 0.25) is 0 Å². The van der Waals surface area contributed by atoms with Gasteiger partial charge in [-0.15, -0.1) is 0 Å². The van der Waals surface area contributed by atoms with Crippen LogP contribution in [-0.4, -0.2) is 31.5 Å². The third kappa shape index (κ3) is 2.77. The first-order chi connectivity index (χ1) is 10.3. The predicted molar refractivity (Wildman–Crippen MR) is 89.4 cm³/mol. The number of nitrogen functional groups attached to an aromatic ring is 1. The Bertz CT molecular complexity index is 537. The molecule has 1 aromatic rings. The molecule has 0 spiro atoms. The smallest absolute Gasteiger partial charge is 0.399 e. The van der Waals surface area contributed by atoms with Crippen molar-refractivity contribution in [3.8, 4) is 0 Å². The van der Waals surface area contributed by atoms with E-state index < -0.39 is 0 Å². The van der Waals surface area contributed by atoms with Crippen LogP contribution in [0.25, 0.3) is 0 Å². The maximum absolute atomic E-state index is 6.20. The first kappa shape index (κ1) is 15.8. The van der Waals surface area contributed by atoms with Gasteiger partial charge in [0.1, 0.15) is 0 Å². The zero-order valence-electron chi connectivity index (χ0n) is 14.0. The average Bonchev–Trinajstić information content (AvgIpc) is 2.69. The van der Waals surface area contributed by atoms with Gasteiger partial charge in [0.25, 0.3) is 0 Å². The number of ether oxygens (including phenoxy) is 1. The second-order valence-corrected chi connectivity index (χ2v) is 7.36. The van der Waals surface area contributed by atoms with Crippen molar-refractivity contribution >= 4 is 18.3 Å². The van der Waals surface area contributed by atoms with Crippen LogP contribution in [0.15, 0.2) is 18.2 Å². The maximum atomic E-state index is 6.20. The van der Waals surface area contributed by atoms with Crippen LogP contribution in [0.5, 0.6) is 0 Å². The summed E-state index contributed by atoms with van der Waals surface area (Å²) in [5.41, 5.74) is 8.67. The van der Waals surface area contributed by atoms with E-state index in [0.29, 0.717) is 5.92 Å². The van der Waals surface area contributed by atoms with Gasteiger partial charge in [-0.2, -0.15) is 0 Å². The predicted octanol–water partition coefficient (Wildman–Crippen LogP) is 2.46. The van der Waals surface area contributed by atoms with Gasteiger partial charge in [0.05, 0.1) is 11.2 Å². The molecule has 2 fully saturated rings. The maximum Gasteiger partial charge on any atom is 0.494 e. The molecule has 2 heterocycles. The average molecular weight is 303 g/mol. The molecular formula is C17H26BNO3. The summed E-state index contributed by atoms with van der Waals surface area (Å²) in [5, 5.41) is 0. The molecule has 0 atom stereocenters. The minimum Gasteiger partial charge on any atom is -0.399 e. The van der Waals surface area contributed by atoms with Gasteiger partial charge >= 0.3 is 7.12 Å².